The average Bonchev–Trinajstić information content (AvgIpc) is 2.63. The smallest absolute Gasteiger partial charge is 1.00 e. The maximum absolute atomic E-state index is 2.30. The summed E-state index contributed by atoms with van der Waals surface area (Å²) in [7, 11) is 0. The fourth-order valence-electron chi connectivity index (χ4n) is 1.74. The van der Waals surface area contributed by atoms with Crippen molar-refractivity contribution in [3.05, 3.63) is 63.0 Å². The number of rotatable bonds is 2. The van der Waals surface area contributed by atoms with Gasteiger partial charge in [0.1, 0.15) is 0 Å². The number of halogens is 2. The fourth-order valence-corrected chi connectivity index (χ4v) is 2.76. The molecule has 0 spiro atoms. The molecule has 0 unspecified atom stereocenters. The van der Waals surface area contributed by atoms with Gasteiger partial charge in [0, 0.05) is 0 Å². The van der Waals surface area contributed by atoms with Crippen LogP contribution in [0.25, 0.3) is 5.57 Å². The van der Waals surface area contributed by atoms with Crippen LogP contribution in [0, 0.1) is 0 Å². The second kappa shape index (κ2) is 8.08. The molecule has 0 radical (unpaired) electrons. The first-order chi connectivity index (χ1) is 7.33. The fraction of sp³-hybridized carbons (Fsp3) is 0.143. The van der Waals surface area contributed by atoms with E-state index in [0.717, 1.165) is 6.42 Å². The van der Waals surface area contributed by atoms with E-state index in [-0.39, 0.29) is 24.8 Å². The molecule has 1 aliphatic carbocycles. The van der Waals surface area contributed by atoms with Gasteiger partial charge in [-0.25, -0.2) is 0 Å². The third kappa shape index (κ3) is 3.95. The molecule has 0 heterocycles. The van der Waals surface area contributed by atoms with Crippen molar-refractivity contribution in [2.75, 3.05) is 0 Å². The van der Waals surface area contributed by atoms with Crippen molar-refractivity contribution < 1.29 is 49.5 Å². The minimum absolute atomic E-state index is 0. The summed E-state index contributed by atoms with van der Waals surface area (Å²) in [4.78, 5) is 0. The molecule has 0 nitrogen and oxygen atoms in total. The minimum Gasteiger partial charge on any atom is -1.00 e. The number of hydrogen-bond acceptors (Lipinski definition) is 0. The first kappa shape index (κ1) is 16.9. The second-order valence-electron chi connectivity index (χ2n) is 3.56. The quantitative estimate of drug-likeness (QED) is 0.575. The third-order valence-electron chi connectivity index (χ3n) is 2.50. The van der Waals surface area contributed by atoms with Crippen LogP contribution in [0.15, 0.2) is 57.4 Å². The third-order valence-corrected chi connectivity index (χ3v) is 3.87. The van der Waals surface area contributed by atoms with Gasteiger partial charge in [-0.3, -0.25) is 0 Å². The van der Waals surface area contributed by atoms with Gasteiger partial charge >= 0.3 is 107 Å². The van der Waals surface area contributed by atoms with Crippen molar-refractivity contribution in [2.24, 2.45) is 0 Å². The molecule has 0 saturated heterocycles. The van der Waals surface area contributed by atoms with Crippen LogP contribution in [-0.4, -0.2) is 0 Å². The summed E-state index contributed by atoms with van der Waals surface area (Å²) < 4.78 is 1.48. The zero-order chi connectivity index (χ0) is 10.7. The first-order valence-corrected chi connectivity index (χ1v) is 6.45. The van der Waals surface area contributed by atoms with E-state index in [4.69, 9.17) is 0 Å². The van der Waals surface area contributed by atoms with Gasteiger partial charge in [0.2, 0.25) is 0 Å². The number of allylic oxidation sites excluding steroid dienone is 6. The number of hydrogen-bond donors (Lipinski definition) is 0. The Morgan fingerprint density at radius 1 is 1.06 bits per heavy atom. The van der Waals surface area contributed by atoms with Crippen molar-refractivity contribution in [1.29, 1.82) is 0 Å². The maximum Gasteiger partial charge on any atom is -1.00 e. The monoisotopic (exact) mass is 341 g/mol. The Bertz CT molecular complexity index is 445. The van der Waals surface area contributed by atoms with Crippen molar-refractivity contribution in [3.63, 3.8) is 0 Å². The standard InChI is InChI=1S/C14H13.2ClH.Zr/c1-2-6-12-9-10-14(11-12)13-7-4-3-5-8-13;;;/h3-10H,2H2,1H3;2*1H;/q;;;+2/p-2. The average molecular weight is 343 g/mol. The van der Waals surface area contributed by atoms with E-state index >= 15 is 0 Å². The summed E-state index contributed by atoms with van der Waals surface area (Å²) >= 11 is 1.50. The van der Waals surface area contributed by atoms with E-state index in [1.54, 1.807) is 0 Å². The van der Waals surface area contributed by atoms with Crippen LogP contribution in [0.3, 0.4) is 0 Å². The molecule has 87 valence electrons. The van der Waals surface area contributed by atoms with Gasteiger partial charge < -0.3 is 24.8 Å². The van der Waals surface area contributed by atoms with E-state index in [1.165, 1.54) is 44.7 Å². The van der Waals surface area contributed by atoms with Gasteiger partial charge in [-0.05, 0) is 0 Å². The molecular weight excluding hydrogens is 330 g/mol. The van der Waals surface area contributed by atoms with Crippen molar-refractivity contribution in [3.8, 4) is 0 Å². The molecule has 0 aromatic heterocycles. The summed E-state index contributed by atoms with van der Waals surface area (Å²) in [6.45, 7) is 2.19. The second-order valence-corrected chi connectivity index (χ2v) is 4.78. The molecule has 3 heteroatoms. The molecule has 0 N–H and O–H groups in total. The normalized spacial score (nSPS) is 15.8. The zero-order valence-electron chi connectivity index (χ0n) is 9.58. The summed E-state index contributed by atoms with van der Waals surface area (Å²) in [6, 6.07) is 10.6. The van der Waals surface area contributed by atoms with E-state index < -0.39 is 0 Å². The molecule has 2 rings (SSSR count). The maximum atomic E-state index is 2.30. The predicted molar refractivity (Wildman–Crippen MR) is 60.9 cm³/mol. The van der Waals surface area contributed by atoms with Crippen LogP contribution in [0.2, 0.25) is 0 Å². The summed E-state index contributed by atoms with van der Waals surface area (Å²) in [5.74, 6) is 0. The van der Waals surface area contributed by atoms with E-state index in [0.29, 0.717) is 0 Å². The predicted octanol–water partition coefficient (Wildman–Crippen LogP) is -2.14. The summed E-state index contributed by atoms with van der Waals surface area (Å²) in [5.41, 5.74) is 4.14. The van der Waals surface area contributed by atoms with Crippen LogP contribution in [-0.2, 0) is 24.7 Å². The van der Waals surface area contributed by atoms with Gasteiger partial charge in [-0.15, -0.1) is 0 Å². The Labute approximate surface area is 131 Å². The molecule has 0 aliphatic heterocycles. The Morgan fingerprint density at radius 3 is 2.29 bits per heavy atom. The van der Waals surface area contributed by atoms with Gasteiger partial charge in [0.15, 0.2) is 0 Å². The molecule has 0 amide bonds. The summed E-state index contributed by atoms with van der Waals surface area (Å²) in [6.07, 6.45) is 7.88. The van der Waals surface area contributed by atoms with Crippen LogP contribution < -0.4 is 24.8 Å². The van der Waals surface area contributed by atoms with E-state index in [1.807, 2.05) is 0 Å². The van der Waals surface area contributed by atoms with Crippen molar-refractivity contribution in [2.45, 2.75) is 13.3 Å². The Balaban J connectivity index is 0.00000128. The molecule has 0 bridgehead atoms. The zero-order valence-corrected chi connectivity index (χ0v) is 13.6. The molecular formula is C14H13Cl2Zr. The van der Waals surface area contributed by atoms with Crippen molar-refractivity contribution >= 4 is 5.57 Å². The minimum atomic E-state index is 0. The van der Waals surface area contributed by atoms with Gasteiger partial charge in [0.05, 0.1) is 0 Å². The van der Waals surface area contributed by atoms with Crippen molar-refractivity contribution in [1.82, 2.24) is 0 Å². The van der Waals surface area contributed by atoms with Crippen LogP contribution in [0.5, 0.6) is 0 Å². The SMILES string of the molecule is CCC=C1C=CC(c2ccccc2)=[C]1[Zr+2].[Cl-].[Cl-]. The Morgan fingerprint density at radius 2 is 1.71 bits per heavy atom. The Kier molecular flexibility index (Phi) is 8.04. The van der Waals surface area contributed by atoms with Gasteiger partial charge in [0.25, 0.3) is 0 Å². The first-order valence-electron chi connectivity index (χ1n) is 5.23. The molecule has 0 fully saturated rings. The summed E-state index contributed by atoms with van der Waals surface area (Å²) in [5, 5.41) is 0. The molecule has 1 aromatic rings. The van der Waals surface area contributed by atoms with Crippen LogP contribution in [0.4, 0.5) is 0 Å². The molecule has 0 saturated carbocycles. The van der Waals surface area contributed by atoms with Crippen LogP contribution in [0.1, 0.15) is 18.9 Å². The van der Waals surface area contributed by atoms with E-state index in [2.05, 4.69) is 55.5 Å². The molecule has 0 atom stereocenters. The van der Waals surface area contributed by atoms with E-state index in [9.17, 15) is 0 Å². The Hall–Kier alpha value is -0.0969. The molecule has 1 aliphatic rings. The van der Waals surface area contributed by atoms with Crippen LogP contribution >= 0.6 is 0 Å². The molecule has 17 heavy (non-hydrogen) atoms. The van der Waals surface area contributed by atoms with Gasteiger partial charge in [-0.1, -0.05) is 0 Å². The topological polar surface area (TPSA) is 0 Å². The molecule has 1 aromatic carbocycles. The number of benzene rings is 1. The largest absolute Gasteiger partial charge is 1.00 e. The van der Waals surface area contributed by atoms with Gasteiger partial charge in [-0.2, -0.15) is 0 Å².